The van der Waals surface area contributed by atoms with E-state index in [0.717, 1.165) is 25.2 Å². The molecule has 1 aliphatic heterocycles. The first-order valence-electron chi connectivity index (χ1n) is 9.13. The Morgan fingerprint density at radius 3 is 2.92 bits per heavy atom. The molecule has 3 rings (SSSR count). The molecule has 1 saturated heterocycles. The van der Waals surface area contributed by atoms with Gasteiger partial charge in [0.1, 0.15) is 5.82 Å². The van der Waals surface area contributed by atoms with E-state index in [4.69, 9.17) is 4.74 Å². The van der Waals surface area contributed by atoms with Gasteiger partial charge in [-0.15, -0.1) is 0 Å². The molecule has 0 aliphatic carbocycles. The number of hydrogen-bond acceptors (Lipinski definition) is 4. The third kappa shape index (κ3) is 3.88. The number of rotatable bonds is 6. The first kappa shape index (κ1) is 18.4. The highest BCUT2D eigenvalue weighted by Crippen LogP contribution is 2.26. The Kier molecular flexibility index (Phi) is 5.88. The quantitative estimate of drug-likeness (QED) is 0.789. The van der Waals surface area contributed by atoms with Crippen LogP contribution in [0.25, 0.3) is 0 Å². The van der Waals surface area contributed by atoms with Crippen LogP contribution in [0.1, 0.15) is 41.9 Å². The van der Waals surface area contributed by atoms with Crippen molar-refractivity contribution in [3.8, 4) is 0 Å². The Labute approximate surface area is 153 Å². The predicted molar refractivity (Wildman–Crippen MR) is 98.4 cm³/mol. The van der Waals surface area contributed by atoms with Gasteiger partial charge in [-0.2, -0.15) is 0 Å². The number of aromatic nitrogens is 3. The summed E-state index contributed by atoms with van der Waals surface area (Å²) in [6.07, 6.45) is 7.38. The summed E-state index contributed by atoms with van der Waals surface area (Å²) in [6.45, 7) is 5.23. The maximum absolute atomic E-state index is 12.9. The second kappa shape index (κ2) is 8.31. The van der Waals surface area contributed by atoms with E-state index in [9.17, 15) is 9.59 Å². The largest absolute Gasteiger partial charge is 0.383 e. The van der Waals surface area contributed by atoms with E-state index in [1.165, 1.54) is 6.07 Å². The fourth-order valence-electron chi connectivity index (χ4n) is 3.52. The van der Waals surface area contributed by atoms with Crippen LogP contribution in [-0.4, -0.2) is 51.7 Å². The van der Waals surface area contributed by atoms with Crippen LogP contribution < -0.4 is 5.56 Å². The first-order valence-corrected chi connectivity index (χ1v) is 9.13. The average Bonchev–Trinajstić information content (AvgIpc) is 3.14. The van der Waals surface area contributed by atoms with Crippen molar-refractivity contribution in [3.05, 3.63) is 52.5 Å². The summed E-state index contributed by atoms with van der Waals surface area (Å²) in [7, 11) is 1.68. The first-order chi connectivity index (χ1) is 12.6. The Bertz CT molecular complexity index is 811. The molecule has 2 aromatic heterocycles. The number of methoxy groups -OCH3 is 1. The van der Waals surface area contributed by atoms with E-state index in [-0.39, 0.29) is 17.4 Å². The molecule has 1 atom stereocenters. The number of pyridine rings is 1. The Hall–Kier alpha value is -2.41. The van der Waals surface area contributed by atoms with E-state index in [0.29, 0.717) is 31.8 Å². The molecule has 140 valence electrons. The van der Waals surface area contributed by atoms with Gasteiger partial charge in [0, 0.05) is 69.4 Å². The molecule has 1 amide bonds. The number of piperidine rings is 1. The maximum Gasteiger partial charge on any atom is 0.254 e. The standard InChI is InChI=1S/C19H26N4O3/c1-3-21-9-6-15(13-17(21)24)19(25)23-8-4-5-16(14-23)18-20-7-10-22(18)11-12-26-2/h6-7,9-10,13,16H,3-5,8,11-12,14H2,1-2H3. The summed E-state index contributed by atoms with van der Waals surface area (Å²) < 4.78 is 8.85. The van der Waals surface area contributed by atoms with E-state index >= 15 is 0 Å². The number of aryl methyl sites for hydroxylation is 1. The average molecular weight is 358 g/mol. The molecule has 0 radical (unpaired) electrons. The molecule has 2 aromatic rings. The maximum atomic E-state index is 12.9. The Balaban J connectivity index is 1.74. The normalized spacial score (nSPS) is 17.5. The van der Waals surface area contributed by atoms with Crippen LogP contribution in [0.2, 0.25) is 0 Å². The topological polar surface area (TPSA) is 69.4 Å². The van der Waals surface area contributed by atoms with Gasteiger partial charge in [-0.05, 0) is 25.8 Å². The smallest absolute Gasteiger partial charge is 0.254 e. The highest BCUT2D eigenvalue weighted by molar-refractivity contribution is 5.94. The number of imidazole rings is 1. The highest BCUT2D eigenvalue weighted by Gasteiger charge is 2.28. The van der Waals surface area contributed by atoms with E-state index < -0.39 is 0 Å². The Morgan fingerprint density at radius 2 is 2.19 bits per heavy atom. The SMILES string of the molecule is CCn1ccc(C(=O)N2CCCC(c3nccn3CCOC)C2)cc1=O. The van der Waals surface area contributed by atoms with Crippen LogP contribution in [0.15, 0.2) is 35.5 Å². The third-order valence-corrected chi connectivity index (χ3v) is 4.94. The summed E-state index contributed by atoms with van der Waals surface area (Å²) >= 11 is 0. The van der Waals surface area contributed by atoms with Crippen molar-refractivity contribution in [2.75, 3.05) is 26.8 Å². The van der Waals surface area contributed by atoms with Gasteiger partial charge in [0.25, 0.3) is 11.5 Å². The number of hydrogen-bond donors (Lipinski definition) is 0. The third-order valence-electron chi connectivity index (χ3n) is 4.94. The molecule has 7 nitrogen and oxygen atoms in total. The van der Waals surface area contributed by atoms with E-state index in [1.54, 1.807) is 30.1 Å². The van der Waals surface area contributed by atoms with Gasteiger partial charge >= 0.3 is 0 Å². The van der Waals surface area contributed by atoms with Crippen molar-refractivity contribution >= 4 is 5.91 Å². The summed E-state index contributed by atoms with van der Waals surface area (Å²) in [4.78, 5) is 31.2. The van der Waals surface area contributed by atoms with E-state index in [2.05, 4.69) is 9.55 Å². The van der Waals surface area contributed by atoms with Gasteiger partial charge in [0.15, 0.2) is 0 Å². The second-order valence-electron chi connectivity index (χ2n) is 6.60. The van der Waals surface area contributed by atoms with Crippen molar-refractivity contribution in [2.45, 2.75) is 38.8 Å². The summed E-state index contributed by atoms with van der Waals surface area (Å²) in [6, 6.07) is 3.17. The summed E-state index contributed by atoms with van der Waals surface area (Å²) in [5, 5.41) is 0. The van der Waals surface area contributed by atoms with Crippen LogP contribution in [-0.2, 0) is 17.8 Å². The number of carbonyl (C=O) groups excluding carboxylic acids is 1. The van der Waals surface area contributed by atoms with Crippen molar-refractivity contribution < 1.29 is 9.53 Å². The Morgan fingerprint density at radius 1 is 1.35 bits per heavy atom. The van der Waals surface area contributed by atoms with Crippen molar-refractivity contribution in [1.29, 1.82) is 0 Å². The van der Waals surface area contributed by atoms with Gasteiger partial charge in [-0.1, -0.05) is 0 Å². The lowest BCUT2D eigenvalue weighted by Gasteiger charge is -2.32. The zero-order valence-corrected chi connectivity index (χ0v) is 15.4. The molecule has 0 spiro atoms. The lowest BCUT2D eigenvalue weighted by molar-refractivity contribution is 0.0702. The van der Waals surface area contributed by atoms with E-state index in [1.807, 2.05) is 18.0 Å². The lowest BCUT2D eigenvalue weighted by atomic mass is 9.96. The highest BCUT2D eigenvalue weighted by atomic mass is 16.5. The molecule has 0 bridgehead atoms. The molecule has 26 heavy (non-hydrogen) atoms. The number of ether oxygens (including phenoxy) is 1. The fraction of sp³-hybridized carbons (Fsp3) is 0.526. The van der Waals surface area contributed by atoms with Gasteiger partial charge in [-0.3, -0.25) is 9.59 Å². The lowest BCUT2D eigenvalue weighted by Crippen LogP contribution is -2.40. The molecule has 1 fully saturated rings. The molecule has 7 heteroatoms. The molecule has 0 saturated carbocycles. The minimum absolute atomic E-state index is 0.0787. The number of carbonyl (C=O) groups is 1. The van der Waals surface area contributed by atoms with Crippen LogP contribution >= 0.6 is 0 Å². The van der Waals surface area contributed by atoms with Gasteiger partial charge in [-0.25, -0.2) is 4.98 Å². The minimum atomic E-state index is -0.137. The van der Waals surface area contributed by atoms with Crippen LogP contribution in [0.3, 0.4) is 0 Å². The van der Waals surface area contributed by atoms with Crippen LogP contribution in [0, 0.1) is 0 Å². The van der Waals surface area contributed by atoms with Crippen molar-refractivity contribution in [2.24, 2.45) is 0 Å². The monoisotopic (exact) mass is 358 g/mol. The fourth-order valence-corrected chi connectivity index (χ4v) is 3.52. The van der Waals surface area contributed by atoms with Gasteiger partial charge < -0.3 is 18.8 Å². The van der Waals surface area contributed by atoms with Crippen molar-refractivity contribution in [3.63, 3.8) is 0 Å². The molecule has 3 heterocycles. The minimum Gasteiger partial charge on any atom is -0.383 e. The van der Waals surface area contributed by atoms with Crippen LogP contribution in [0.4, 0.5) is 0 Å². The predicted octanol–water partition coefficient (Wildman–Crippen LogP) is 1.73. The number of nitrogens with zero attached hydrogens (tertiary/aromatic N) is 4. The second-order valence-corrected chi connectivity index (χ2v) is 6.60. The number of likely N-dealkylation sites (tertiary alicyclic amines) is 1. The van der Waals surface area contributed by atoms with Crippen molar-refractivity contribution in [1.82, 2.24) is 19.0 Å². The summed E-state index contributed by atoms with van der Waals surface area (Å²) in [5.41, 5.74) is 0.324. The van der Waals surface area contributed by atoms with Crippen LogP contribution in [0.5, 0.6) is 0 Å². The zero-order valence-electron chi connectivity index (χ0n) is 15.4. The summed E-state index contributed by atoms with van der Waals surface area (Å²) in [5.74, 6) is 1.13. The van der Waals surface area contributed by atoms with Gasteiger partial charge in [0.05, 0.1) is 6.61 Å². The number of amides is 1. The molecule has 1 unspecified atom stereocenters. The molecular weight excluding hydrogens is 332 g/mol. The molecule has 0 aromatic carbocycles. The zero-order chi connectivity index (χ0) is 18.5. The molecular formula is C19H26N4O3. The van der Waals surface area contributed by atoms with Gasteiger partial charge in [0.2, 0.25) is 0 Å². The molecule has 0 N–H and O–H groups in total. The molecule has 1 aliphatic rings.